The molecular formula is C38H26N2O. The maximum absolute atomic E-state index is 6.58. The molecule has 0 spiro atoms. The molecule has 3 heteroatoms. The topological polar surface area (TPSA) is 38.9 Å². The number of hydrogen-bond donors (Lipinski definition) is 0. The average Bonchev–Trinajstić information content (AvgIpc) is 3.40. The van der Waals surface area contributed by atoms with Crippen molar-refractivity contribution >= 4 is 43.6 Å². The molecule has 0 aliphatic heterocycles. The summed E-state index contributed by atoms with van der Waals surface area (Å²) in [6.07, 6.45) is 1.90. The average molecular weight is 527 g/mol. The van der Waals surface area contributed by atoms with Crippen LogP contribution in [0.2, 0.25) is 0 Å². The SMILES string of the molecule is Cc1ccc2ccc3c4cccc(-c5cc(-c6cc7ccc(-c8ccccc8)cc7cc6C)ccn5)c4oc3c2n1. The lowest BCUT2D eigenvalue weighted by atomic mass is 9.94. The van der Waals surface area contributed by atoms with Crippen LogP contribution < -0.4 is 0 Å². The molecule has 8 rings (SSSR count). The lowest BCUT2D eigenvalue weighted by molar-refractivity contribution is 0.672. The fraction of sp³-hybridized carbons (Fsp3) is 0.0526. The molecule has 5 aromatic carbocycles. The van der Waals surface area contributed by atoms with Crippen molar-refractivity contribution in [1.29, 1.82) is 0 Å². The van der Waals surface area contributed by atoms with Gasteiger partial charge in [0, 0.05) is 33.6 Å². The van der Waals surface area contributed by atoms with Crippen LogP contribution in [-0.4, -0.2) is 9.97 Å². The zero-order chi connectivity index (χ0) is 27.5. The molecule has 0 unspecified atom stereocenters. The fourth-order valence-electron chi connectivity index (χ4n) is 6.02. The van der Waals surface area contributed by atoms with Crippen molar-refractivity contribution in [2.75, 3.05) is 0 Å². The Hall–Kier alpha value is -5.28. The molecular weight excluding hydrogens is 500 g/mol. The van der Waals surface area contributed by atoms with Gasteiger partial charge in [-0.15, -0.1) is 0 Å². The smallest absolute Gasteiger partial charge is 0.161 e. The van der Waals surface area contributed by atoms with Crippen molar-refractivity contribution in [3.05, 3.63) is 133 Å². The third-order valence-corrected chi connectivity index (χ3v) is 8.10. The number of benzene rings is 5. The van der Waals surface area contributed by atoms with E-state index >= 15 is 0 Å². The van der Waals surface area contributed by atoms with Gasteiger partial charge in [0.1, 0.15) is 11.1 Å². The summed E-state index contributed by atoms with van der Waals surface area (Å²) in [7, 11) is 0. The lowest BCUT2D eigenvalue weighted by Gasteiger charge is -2.12. The molecule has 0 saturated carbocycles. The second kappa shape index (κ2) is 9.14. The lowest BCUT2D eigenvalue weighted by Crippen LogP contribution is -1.89. The standard InChI is InChI=1S/C38H26N2O/c1-23-19-30-20-27(25-7-4-3-5-8-25)13-14-28(30)21-34(23)29-17-18-39-35(22-29)33-10-6-9-31-32-16-15-26-12-11-24(2)40-36(26)38(32)41-37(31)33/h3-22H,1-2H3. The van der Waals surface area contributed by atoms with Gasteiger partial charge in [0.05, 0.1) is 5.69 Å². The van der Waals surface area contributed by atoms with Gasteiger partial charge in [0.15, 0.2) is 5.58 Å². The second-order valence-corrected chi connectivity index (χ2v) is 10.8. The Morgan fingerprint density at radius 3 is 2.27 bits per heavy atom. The molecule has 0 radical (unpaired) electrons. The molecule has 0 saturated heterocycles. The van der Waals surface area contributed by atoms with E-state index in [1.165, 1.54) is 33.0 Å². The number of fused-ring (bicyclic) bond motifs is 6. The van der Waals surface area contributed by atoms with Crippen LogP contribution in [0, 0.1) is 13.8 Å². The molecule has 41 heavy (non-hydrogen) atoms. The molecule has 0 bridgehead atoms. The molecule has 0 aliphatic carbocycles. The molecule has 0 atom stereocenters. The van der Waals surface area contributed by atoms with E-state index in [2.05, 4.69) is 116 Å². The highest BCUT2D eigenvalue weighted by Gasteiger charge is 2.16. The summed E-state index contributed by atoms with van der Waals surface area (Å²) >= 11 is 0. The summed E-state index contributed by atoms with van der Waals surface area (Å²) in [5.41, 5.74) is 11.4. The predicted molar refractivity (Wildman–Crippen MR) is 170 cm³/mol. The van der Waals surface area contributed by atoms with E-state index in [0.29, 0.717) is 0 Å². The van der Waals surface area contributed by atoms with Gasteiger partial charge in [-0.25, -0.2) is 4.98 Å². The maximum Gasteiger partial charge on any atom is 0.161 e. The van der Waals surface area contributed by atoms with Gasteiger partial charge in [-0.1, -0.05) is 72.8 Å². The van der Waals surface area contributed by atoms with Gasteiger partial charge < -0.3 is 4.42 Å². The first kappa shape index (κ1) is 23.6. The summed E-state index contributed by atoms with van der Waals surface area (Å²) in [5, 5.41) is 5.68. The van der Waals surface area contributed by atoms with Gasteiger partial charge in [0.2, 0.25) is 0 Å². The zero-order valence-electron chi connectivity index (χ0n) is 22.8. The van der Waals surface area contributed by atoms with Crippen molar-refractivity contribution in [3.8, 4) is 33.5 Å². The van der Waals surface area contributed by atoms with Crippen molar-refractivity contribution < 1.29 is 4.42 Å². The number of aromatic nitrogens is 2. The van der Waals surface area contributed by atoms with E-state index in [1.54, 1.807) is 0 Å². The van der Waals surface area contributed by atoms with Crippen LogP contribution in [0.5, 0.6) is 0 Å². The highest BCUT2D eigenvalue weighted by molar-refractivity contribution is 6.16. The van der Waals surface area contributed by atoms with E-state index < -0.39 is 0 Å². The Labute approximate surface area is 237 Å². The normalized spacial score (nSPS) is 11.7. The van der Waals surface area contributed by atoms with E-state index in [-0.39, 0.29) is 0 Å². The Kier molecular flexibility index (Phi) is 5.26. The monoisotopic (exact) mass is 526 g/mol. The van der Waals surface area contributed by atoms with Crippen LogP contribution in [0.15, 0.2) is 126 Å². The zero-order valence-corrected chi connectivity index (χ0v) is 22.8. The molecule has 194 valence electrons. The summed E-state index contributed by atoms with van der Waals surface area (Å²) < 4.78 is 6.58. The number of furan rings is 1. The van der Waals surface area contributed by atoms with E-state index in [9.17, 15) is 0 Å². The Morgan fingerprint density at radius 1 is 0.537 bits per heavy atom. The molecule has 0 amide bonds. The molecule has 0 N–H and O–H groups in total. The van der Waals surface area contributed by atoms with Crippen LogP contribution in [0.25, 0.3) is 77.1 Å². The Morgan fingerprint density at radius 2 is 1.37 bits per heavy atom. The van der Waals surface area contributed by atoms with Crippen LogP contribution in [-0.2, 0) is 0 Å². The first-order valence-electron chi connectivity index (χ1n) is 13.9. The van der Waals surface area contributed by atoms with E-state index in [4.69, 9.17) is 14.4 Å². The third kappa shape index (κ3) is 3.89. The van der Waals surface area contributed by atoms with Crippen molar-refractivity contribution in [3.63, 3.8) is 0 Å². The fourth-order valence-corrected chi connectivity index (χ4v) is 6.02. The highest BCUT2D eigenvalue weighted by Crippen LogP contribution is 2.39. The number of nitrogens with zero attached hydrogens (tertiary/aromatic N) is 2. The first-order valence-corrected chi connectivity index (χ1v) is 13.9. The van der Waals surface area contributed by atoms with Crippen LogP contribution in [0.3, 0.4) is 0 Å². The molecule has 3 aromatic heterocycles. The van der Waals surface area contributed by atoms with E-state index in [1.807, 2.05) is 19.2 Å². The van der Waals surface area contributed by atoms with Gasteiger partial charge in [-0.2, -0.15) is 0 Å². The molecule has 8 aromatic rings. The van der Waals surface area contributed by atoms with Crippen LogP contribution in [0.1, 0.15) is 11.3 Å². The first-order chi connectivity index (χ1) is 20.1. The summed E-state index contributed by atoms with van der Waals surface area (Å²) in [5.74, 6) is 0. The number of hydrogen-bond acceptors (Lipinski definition) is 3. The molecule has 0 aliphatic rings. The van der Waals surface area contributed by atoms with Crippen LogP contribution in [0.4, 0.5) is 0 Å². The van der Waals surface area contributed by atoms with Gasteiger partial charge >= 0.3 is 0 Å². The number of para-hydroxylation sites is 1. The Bertz CT molecular complexity index is 2280. The second-order valence-electron chi connectivity index (χ2n) is 10.8. The van der Waals surface area contributed by atoms with Crippen molar-refractivity contribution in [2.24, 2.45) is 0 Å². The minimum absolute atomic E-state index is 0.824. The Balaban J connectivity index is 1.25. The van der Waals surface area contributed by atoms with Gasteiger partial charge in [0.25, 0.3) is 0 Å². The minimum atomic E-state index is 0.824. The largest absolute Gasteiger partial charge is 0.453 e. The van der Waals surface area contributed by atoms with Crippen molar-refractivity contribution in [1.82, 2.24) is 9.97 Å². The van der Waals surface area contributed by atoms with Gasteiger partial charge in [-0.3, -0.25) is 4.98 Å². The van der Waals surface area contributed by atoms with Crippen LogP contribution >= 0.6 is 0 Å². The number of pyridine rings is 2. The van der Waals surface area contributed by atoms with Crippen molar-refractivity contribution in [2.45, 2.75) is 13.8 Å². The van der Waals surface area contributed by atoms with Gasteiger partial charge in [-0.05, 0) is 94.9 Å². The minimum Gasteiger partial charge on any atom is -0.453 e. The summed E-state index contributed by atoms with van der Waals surface area (Å²) in [6, 6.07) is 40.8. The molecule has 0 fully saturated rings. The summed E-state index contributed by atoms with van der Waals surface area (Å²) in [6.45, 7) is 4.20. The quantitative estimate of drug-likeness (QED) is 0.230. The van der Waals surface area contributed by atoms with E-state index in [0.717, 1.165) is 55.4 Å². The number of rotatable bonds is 3. The maximum atomic E-state index is 6.58. The molecule has 3 heterocycles. The molecule has 3 nitrogen and oxygen atoms in total. The summed E-state index contributed by atoms with van der Waals surface area (Å²) in [4.78, 5) is 9.60. The third-order valence-electron chi connectivity index (χ3n) is 8.10. The highest BCUT2D eigenvalue weighted by atomic mass is 16.3. The predicted octanol–water partition coefficient (Wildman–Crippen LogP) is 10.3. The number of aryl methyl sites for hydroxylation is 2.